The fourth-order valence-corrected chi connectivity index (χ4v) is 3.93. The zero-order chi connectivity index (χ0) is 23.1. The minimum absolute atomic E-state index is 0.00456. The van der Waals surface area contributed by atoms with Gasteiger partial charge in [0.2, 0.25) is 5.91 Å². The van der Waals surface area contributed by atoms with Crippen LogP contribution in [-0.4, -0.2) is 21.2 Å². The molecule has 0 fully saturated rings. The van der Waals surface area contributed by atoms with Crippen LogP contribution in [0.1, 0.15) is 12.5 Å². The molecule has 1 amide bonds. The van der Waals surface area contributed by atoms with Crippen LogP contribution in [0.15, 0.2) is 77.7 Å². The number of non-ortho nitro benzene ring substituents is 1. The first-order valence-corrected chi connectivity index (χ1v) is 11.1. The molecule has 0 saturated carbocycles. The summed E-state index contributed by atoms with van der Waals surface area (Å²) in [4.78, 5) is 23.9. The maximum Gasteiger partial charge on any atom is 0.269 e. The van der Waals surface area contributed by atoms with Crippen molar-refractivity contribution in [2.24, 2.45) is 0 Å². The van der Waals surface area contributed by atoms with E-state index in [4.69, 9.17) is 12.2 Å². The number of carbonyl (C=O) groups is 1. The molecule has 7 nitrogen and oxygen atoms in total. The van der Waals surface area contributed by atoms with Gasteiger partial charge in [0.05, 0.1) is 10.2 Å². The van der Waals surface area contributed by atoms with Gasteiger partial charge in [0.25, 0.3) is 5.69 Å². The number of carbonyl (C=O) groups excluding carboxylic acids is 1. The summed E-state index contributed by atoms with van der Waals surface area (Å²) in [5.41, 5.74) is 2.93. The Morgan fingerprint density at radius 2 is 1.59 bits per heavy atom. The lowest BCUT2D eigenvalue weighted by Crippen LogP contribution is -2.22. The first kappa shape index (κ1) is 23.2. The molecular formula is C23H22N4O3S2. The summed E-state index contributed by atoms with van der Waals surface area (Å²) in [6, 6.07) is 21.6. The Balaban J connectivity index is 1.53. The van der Waals surface area contributed by atoms with Gasteiger partial charge in [-0.2, -0.15) is 0 Å². The van der Waals surface area contributed by atoms with Crippen LogP contribution in [-0.2, 0) is 4.79 Å². The molecule has 32 heavy (non-hydrogen) atoms. The standard InChI is InChI=1S/C23H22N4O3S2/c1-15-14-19(27(29)30)10-13-21(15)26-22(28)16(2)32-20-11-8-18(9-12-20)25-23(31)24-17-6-4-3-5-7-17/h3-14,16H,1-2H3,(H,26,28)(H2,24,25,31). The van der Waals surface area contributed by atoms with Crippen molar-refractivity contribution >= 4 is 57.7 Å². The SMILES string of the molecule is Cc1cc([N+](=O)[O-])ccc1NC(=O)C(C)Sc1ccc(NC(=S)Nc2ccccc2)cc1. The quantitative estimate of drug-likeness (QED) is 0.174. The third-order valence-corrected chi connectivity index (χ3v) is 5.82. The minimum Gasteiger partial charge on any atom is -0.332 e. The smallest absolute Gasteiger partial charge is 0.269 e. The fraction of sp³-hybridized carbons (Fsp3) is 0.130. The fourth-order valence-electron chi connectivity index (χ4n) is 2.83. The molecule has 1 atom stereocenters. The van der Waals surface area contributed by atoms with Crippen LogP contribution >= 0.6 is 24.0 Å². The number of benzene rings is 3. The number of amides is 1. The molecule has 0 radical (unpaired) electrons. The van der Waals surface area contributed by atoms with Crippen LogP contribution < -0.4 is 16.0 Å². The third kappa shape index (κ3) is 6.53. The van der Waals surface area contributed by atoms with Crippen molar-refractivity contribution in [3.63, 3.8) is 0 Å². The van der Waals surface area contributed by atoms with Gasteiger partial charge in [0.1, 0.15) is 0 Å². The number of aryl methyl sites for hydroxylation is 1. The number of anilines is 3. The average Bonchev–Trinajstić information content (AvgIpc) is 2.77. The highest BCUT2D eigenvalue weighted by Crippen LogP contribution is 2.27. The number of hydrogen-bond donors (Lipinski definition) is 3. The number of rotatable bonds is 7. The molecule has 0 bridgehead atoms. The first-order valence-electron chi connectivity index (χ1n) is 9.77. The molecule has 0 aliphatic carbocycles. The summed E-state index contributed by atoms with van der Waals surface area (Å²) in [6.45, 7) is 3.54. The lowest BCUT2D eigenvalue weighted by Gasteiger charge is -2.14. The molecule has 0 spiro atoms. The summed E-state index contributed by atoms with van der Waals surface area (Å²) in [7, 11) is 0. The molecule has 3 aromatic carbocycles. The van der Waals surface area contributed by atoms with E-state index in [1.54, 1.807) is 13.0 Å². The van der Waals surface area contributed by atoms with E-state index in [1.165, 1.54) is 23.9 Å². The summed E-state index contributed by atoms with van der Waals surface area (Å²) in [6.07, 6.45) is 0. The van der Waals surface area contributed by atoms with Crippen molar-refractivity contribution in [3.8, 4) is 0 Å². The molecule has 0 aliphatic heterocycles. The molecule has 1 unspecified atom stereocenters. The summed E-state index contributed by atoms with van der Waals surface area (Å²) in [5.74, 6) is -0.178. The van der Waals surface area contributed by atoms with Crippen LogP contribution in [0.4, 0.5) is 22.7 Å². The molecule has 0 heterocycles. The predicted molar refractivity (Wildman–Crippen MR) is 135 cm³/mol. The van der Waals surface area contributed by atoms with Crippen LogP contribution in [0.2, 0.25) is 0 Å². The summed E-state index contributed by atoms with van der Waals surface area (Å²) < 4.78 is 0. The van der Waals surface area contributed by atoms with E-state index in [0.29, 0.717) is 16.4 Å². The van der Waals surface area contributed by atoms with Crippen molar-refractivity contribution in [3.05, 3.63) is 88.5 Å². The van der Waals surface area contributed by atoms with Gasteiger partial charge >= 0.3 is 0 Å². The van der Waals surface area contributed by atoms with Crippen molar-refractivity contribution < 1.29 is 9.72 Å². The molecule has 164 valence electrons. The molecule has 0 aliphatic rings. The van der Waals surface area contributed by atoms with Crippen molar-refractivity contribution in [2.75, 3.05) is 16.0 Å². The lowest BCUT2D eigenvalue weighted by atomic mass is 10.2. The van der Waals surface area contributed by atoms with Gasteiger partial charge in [-0.25, -0.2) is 0 Å². The maximum atomic E-state index is 12.6. The summed E-state index contributed by atoms with van der Waals surface area (Å²) in [5, 5.41) is 20.1. The first-order chi connectivity index (χ1) is 15.3. The second kappa shape index (κ2) is 10.7. The zero-order valence-corrected chi connectivity index (χ0v) is 19.1. The number of nitrogens with one attached hydrogen (secondary N) is 3. The Morgan fingerprint density at radius 1 is 0.969 bits per heavy atom. The highest BCUT2D eigenvalue weighted by atomic mass is 32.2. The van der Waals surface area contributed by atoms with Crippen LogP contribution in [0.3, 0.4) is 0 Å². The molecular weight excluding hydrogens is 444 g/mol. The molecule has 3 rings (SSSR count). The van der Waals surface area contributed by atoms with Crippen LogP contribution in [0.25, 0.3) is 0 Å². The number of thiocarbonyl (C=S) groups is 1. The Labute approximate surface area is 195 Å². The highest BCUT2D eigenvalue weighted by Gasteiger charge is 2.17. The zero-order valence-electron chi connectivity index (χ0n) is 17.5. The number of para-hydroxylation sites is 1. The second-order valence-corrected chi connectivity index (χ2v) is 8.80. The molecule has 9 heteroatoms. The highest BCUT2D eigenvalue weighted by molar-refractivity contribution is 8.00. The molecule has 3 N–H and O–H groups in total. The van der Waals surface area contributed by atoms with Crippen LogP contribution in [0, 0.1) is 17.0 Å². The van der Waals surface area contributed by atoms with Gasteiger partial charge in [-0.05, 0) is 74.1 Å². The summed E-state index contributed by atoms with van der Waals surface area (Å²) >= 11 is 6.75. The monoisotopic (exact) mass is 466 g/mol. The van der Waals surface area contributed by atoms with Crippen LogP contribution in [0.5, 0.6) is 0 Å². The predicted octanol–water partition coefficient (Wildman–Crippen LogP) is 5.83. The van der Waals surface area contributed by atoms with Gasteiger partial charge in [-0.3, -0.25) is 14.9 Å². The Bertz CT molecular complexity index is 1120. The lowest BCUT2D eigenvalue weighted by molar-refractivity contribution is -0.384. The van der Waals surface area contributed by atoms with E-state index in [1.807, 2.05) is 61.5 Å². The van der Waals surface area contributed by atoms with Gasteiger partial charge in [0.15, 0.2) is 5.11 Å². The van der Waals surface area contributed by atoms with E-state index < -0.39 is 4.92 Å². The minimum atomic E-state index is -0.458. The van der Waals surface area contributed by atoms with Gasteiger partial charge < -0.3 is 16.0 Å². The van der Waals surface area contributed by atoms with Crippen molar-refractivity contribution in [2.45, 2.75) is 24.0 Å². The Morgan fingerprint density at radius 3 is 2.19 bits per heavy atom. The van der Waals surface area contributed by atoms with Gasteiger partial charge in [-0.15, -0.1) is 11.8 Å². The average molecular weight is 467 g/mol. The Hall–Kier alpha value is -3.43. The normalized spacial score (nSPS) is 11.3. The van der Waals surface area contributed by atoms with E-state index in [0.717, 1.165) is 16.3 Å². The largest absolute Gasteiger partial charge is 0.332 e. The number of hydrogen-bond acceptors (Lipinski definition) is 5. The van der Waals surface area contributed by atoms with E-state index in [9.17, 15) is 14.9 Å². The molecule has 3 aromatic rings. The number of nitrogens with zero attached hydrogens (tertiary/aromatic N) is 1. The maximum absolute atomic E-state index is 12.6. The van der Waals surface area contributed by atoms with Gasteiger partial charge in [-0.1, -0.05) is 18.2 Å². The number of thioether (sulfide) groups is 1. The van der Waals surface area contributed by atoms with E-state index in [-0.39, 0.29) is 16.8 Å². The van der Waals surface area contributed by atoms with Crippen molar-refractivity contribution in [1.29, 1.82) is 0 Å². The topological polar surface area (TPSA) is 96.3 Å². The number of nitro groups is 1. The second-order valence-electron chi connectivity index (χ2n) is 6.98. The number of nitro benzene ring substituents is 1. The van der Waals surface area contributed by atoms with Crippen molar-refractivity contribution in [1.82, 2.24) is 0 Å². The Kier molecular flexibility index (Phi) is 7.80. The third-order valence-electron chi connectivity index (χ3n) is 4.50. The molecule has 0 aromatic heterocycles. The molecule has 0 saturated heterocycles. The van der Waals surface area contributed by atoms with Gasteiger partial charge in [0, 0.05) is 34.1 Å². The van der Waals surface area contributed by atoms with E-state index in [2.05, 4.69) is 16.0 Å². The van der Waals surface area contributed by atoms with E-state index >= 15 is 0 Å².